The number of furan rings is 1. The Kier molecular flexibility index (Phi) is 5.33. The van der Waals surface area contributed by atoms with Crippen LogP contribution in [-0.4, -0.2) is 0 Å². The number of hydrogen-bond donors (Lipinski definition) is 0. The van der Waals surface area contributed by atoms with Gasteiger partial charge in [0, 0.05) is 32.1 Å². The van der Waals surface area contributed by atoms with Crippen molar-refractivity contribution in [2.45, 2.75) is 72.7 Å². The van der Waals surface area contributed by atoms with Crippen molar-refractivity contribution >= 4 is 43.5 Å². The Hall–Kier alpha value is -4.43. The van der Waals surface area contributed by atoms with Crippen LogP contribution in [0.15, 0.2) is 89.5 Å². The van der Waals surface area contributed by atoms with E-state index in [-0.39, 0.29) is 11.8 Å². The SMILES string of the molecule is [2H]C([2H])([2H])c1c[n+]2c(cc1-c1c(C(C)C)cc(C(C)C)cc1C(C)C)-c1c(ccc3c1oc1cc4c(ccc5ccccc54)cc13)C2. The summed E-state index contributed by atoms with van der Waals surface area (Å²) in [6, 6.07) is 28.4. The fraction of sp³-hybridized carbons (Fsp3) is 0.262. The molecule has 8 rings (SSSR count). The van der Waals surface area contributed by atoms with Crippen LogP contribution < -0.4 is 4.57 Å². The number of fused-ring (bicyclic) bond motifs is 10. The lowest BCUT2D eigenvalue weighted by Gasteiger charge is -2.24. The average Bonchev–Trinajstić information content (AvgIpc) is 3.59. The van der Waals surface area contributed by atoms with E-state index in [0.29, 0.717) is 18.0 Å². The lowest BCUT2D eigenvalue weighted by atomic mass is 9.81. The molecule has 0 atom stereocenters. The summed E-state index contributed by atoms with van der Waals surface area (Å²) in [7, 11) is 0. The van der Waals surface area contributed by atoms with E-state index in [2.05, 4.69) is 125 Å². The average molecular weight is 578 g/mol. The first-order chi connectivity index (χ1) is 22.4. The minimum atomic E-state index is -2.27. The third kappa shape index (κ3) is 3.97. The molecule has 0 bridgehead atoms. The molecule has 0 saturated heterocycles. The summed E-state index contributed by atoms with van der Waals surface area (Å²) in [4.78, 5) is 0. The van der Waals surface area contributed by atoms with Crippen LogP contribution in [0.1, 0.15) is 91.2 Å². The van der Waals surface area contributed by atoms with Crippen molar-refractivity contribution in [2.75, 3.05) is 0 Å². The van der Waals surface area contributed by atoms with Gasteiger partial charge in [0.15, 0.2) is 12.7 Å². The van der Waals surface area contributed by atoms with Crippen LogP contribution in [-0.2, 0) is 6.54 Å². The molecule has 218 valence electrons. The van der Waals surface area contributed by atoms with Crippen LogP contribution in [0.5, 0.6) is 0 Å². The minimum Gasteiger partial charge on any atom is -0.455 e. The minimum absolute atomic E-state index is 0.228. The second-order valence-electron chi connectivity index (χ2n) is 13.6. The first kappa shape index (κ1) is 24.0. The zero-order valence-corrected chi connectivity index (χ0v) is 26.4. The number of rotatable bonds is 4. The highest BCUT2D eigenvalue weighted by molar-refractivity contribution is 6.17. The molecule has 1 aliphatic rings. The van der Waals surface area contributed by atoms with Crippen molar-refractivity contribution < 1.29 is 13.1 Å². The molecule has 2 heteroatoms. The largest absolute Gasteiger partial charge is 0.455 e. The molecular weight excluding hydrogens is 534 g/mol. The molecule has 0 spiro atoms. The highest BCUT2D eigenvalue weighted by Crippen LogP contribution is 2.45. The van der Waals surface area contributed by atoms with Crippen molar-refractivity contribution in [3.8, 4) is 22.4 Å². The quantitative estimate of drug-likeness (QED) is 0.150. The van der Waals surface area contributed by atoms with Gasteiger partial charge < -0.3 is 4.42 Å². The fourth-order valence-corrected chi connectivity index (χ4v) is 7.39. The Balaban J connectivity index is 1.42. The van der Waals surface area contributed by atoms with E-state index in [1.165, 1.54) is 38.2 Å². The normalized spacial score (nSPS) is 14.2. The molecule has 3 heterocycles. The van der Waals surface area contributed by atoms with Crippen molar-refractivity contribution in [1.29, 1.82) is 0 Å². The molecule has 0 aliphatic carbocycles. The van der Waals surface area contributed by atoms with Crippen LogP contribution in [0.2, 0.25) is 0 Å². The Morgan fingerprint density at radius 2 is 1.43 bits per heavy atom. The van der Waals surface area contributed by atoms with Gasteiger partial charge in [0.05, 0.1) is 5.56 Å². The maximum atomic E-state index is 8.69. The van der Waals surface area contributed by atoms with Crippen molar-refractivity contribution in [3.63, 3.8) is 0 Å². The smallest absolute Gasteiger partial charge is 0.217 e. The molecule has 5 aromatic carbocycles. The predicted octanol–water partition coefficient (Wildman–Crippen LogP) is 11.6. The third-order valence-electron chi connectivity index (χ3n) is 9.76. The summed E-state index contributed by atoms with van der Waals surface area (Å²) in [5.41, 5.74) is 10.9. The number of aromatic nitrogens is 1. The Labute approximate surface area is 264 Å². The Morgan fingerprint density at radius 3 is 2.16 bits per heavy atom. The Morgan fingerprint density at radius 1 is 0.682 bits per heavy atom. The van der Waals surface area contributed by atoms with Crippen molar-refractivity contribution in [1.82, 2.24) is 0 Å². The lowest BCUT2D eigenvalue weighted by molar-refractivity contribution is -0.672. The molecule has 2 aromatic heterocycles. The molecule has 44 heavy (non-hydrogen) atoms. The molecule has 0 N–H and O–H groups in total. The van der Waals surface area contributed by atoms with E-state index in [0.717, 1.165) is 49.9 Å². The van der Waals surface area contributed by atoms with Crippen molar-refractivity contribution in [3.05, 3.63) is 113 Å². The molecule has 7 aromatic rings. The van der Waals surface area contributed by atoms with E-state index in [1.54, 1.807) is 0 Å². The fourth-order valence-electron chi connectivity index (χ4n) is 7.39. The number of nitrogens with zero attached hydrogens (tertiary/aromatic N) is 1. The molecule has 0 amide bonds. The second-order valence-corrected chi connectivity index (χ2v) is 13.6. The van der Waals surface area contributed by atoms with Gasteiger partial charge in [-0.3, -0.25) is 0 Å². The molecule has 0 unspecified atom stereocenters. The number of pyridine rings is 1. The molecular formula is C42H40NO+. The van der Waals surface area contributed by atoms with Gasteiger partial charge in [-0.25, -0.2) is 0 Å². The van der Waals surface area contributed by atoms with Crippen LogP contribution in [0.3, 0.4) is 0 Å². The van der Waals surface area contributed by atoms with E-state index in [1.807, 2.05) is 6.20 Å². The van der Waals surface area contributed by atoms with Gasteiger partial charge in [-0.2, -0.15) is 4.57 Å². The van der Waals surface area contributed by atoms with Crippen LogP contribution in [0, 0.1) is 6.85 Å². The van der Waals surface area contributed by atoms with Gasteiger partial charge in [0.1, 0.15) is 11.2 Å². The number of aryl methyl sites for hydroxylation is 1. The lowest BCUT2D eigenvalue weighted by Crippen LogP contribution is -2.32. The highest BCUT2D eigenvalue weighted by Gasteiger charge is 2.33. The van der Waals surface area contributed by atoms with E-state index >= 15 is 0 Å². The number of hydrogen-bond acceptors (Lipinski definition) is 1. The first-order valence-corrected chi connectivity index (χ1v) is 16.0. The maximum absolute atomic E-state index is 8.69. The summed E-state index contributed by atoms with van der Waals surface area (Å²) in [5, 5.41) is 6.96. The second kappa shape index (κ2) is 9.79. The van der Waals surface area contributed by atoms with Gasteiger partial charge in [0.2, 0.25) is 5.69 Å². The van der Waals surface area contributed by atoms with Crippen molar-refractivity contribution in [2.24, 2.45) is 0 Å². The van der Waals surface area contributed by atoms with E-state index < -0.39 is 6.85 Å². The van der Waals surface area contributed by atoms with Gasteiger partial charge >= 0.3 is 0 Å². The van der Waals surface area contributed by atoms with E-state index in [4.69, 9.17) is 8.53 Å². The summed E-state index contributed by atoms with van der Waals surface area (Å²) >= 11 is 0. The van der Waals surface area contributed by atoms with Gasteiger partial charge in [-0.1, -0.05) is 96.1 Å². The molecule has 0 saturated carbocycles. The Bertz CT molecular complexity index is 2380. The van der Waals surface area contributed by atoms with Gasteiger partial charge in [-0.05, 0) is 92.2 Å². The zero-order valence-electron chi connectivity index (χ0n) is 29.4. The van der Waals surface area contributed by atoms with Crippen LogP contribution in [0.4, 0.5) is 0 Å². The molecule has 1 aliphatic heterocycles. The summed E-state index contributed by atoms with van der Waals surface area (Å²) < 4.78 is 35.0. The topological polar surface area (TPSA) is 17.0 Å². The summed E-state index contributed by atoms with van der Waals surface area (Å²) in [6.07, 6.45) is 1.89. The highest BCUT2D eigenvalue weighted by atomic mass is 16.3. The number of benzene rings is 5. The maximum Gasteiger partial charge on any atom is 0.217 e. The molecule has 0 fully saturated rings. The monoisotopic (exact) mass is 577 g/mol. The van der Waals surface area contributed by atoms with E-state index in [9.17, 15) is 0 Å². The predicted molar refractivity (Wildman–Crippen MR) is 186 cm³/mol. The molecule has 0 radical (unpaired) electrons. The zero-order chi connectivity index (χ0) is 32.9. The van der Waals surface area contributed by atoms with Crippen LogP contribution >= 0.6 is 0 Å². The van der Waals surface area contributed by atoms with Gasteiger partial charge in [-0.15, -0.1) is 0 Å². The summed E-state index contributed by atoms with van der Waals surface area (Å²) in [5.74, 6) is 0.830. The molecule has 2 nitrogen and oxygen atoms in total. The summed E-state index contributed by atoms with van der Waals surface area (Å²) in [6.45, 7) is 11.6. The van der Waals surface area contributed by atoms with Crippen LogP contribution in [0.25, 0.3) is 65.9 Å². The third-order valence-corrected chi connectivity index (χ3v) is 9.76. The standard InChI is InChI=1S/C42H40NO/c1-23(2)30-17-33(24(3)4)41(34(18-30)25(5)6)35-19-38-40-29(22-43(38)21-26(35)7)14-15-32-37-16-28-13-12-27-10-8-9-11-31(27)36(28)20-39(37)44-42(32)40/h8-21,23-25H,22H2,1-7H3/q+1/i7D3. The first-order valence-electron chi connectivity index (χ1n) is 17.5. The van der Waals surface area contributed by atoms with Gasteiger partial charge in [0.25, 0.3) is 0 Å².